The fourth-order valence-electron chi connectivity index (χ4n) is 3.35. The highest BCUT2D eigenvalue weighted by molar-refractivity contribution is 9.10. The van der Waals surface area contributed by atoms with E-state index in [0.29, 0.717) is 5.69 Å². The van der Waals surface area contributed by atoms with E-state index in [-0.39, 0.29) is 12.5 Å². The molecular formula is C25H34BrN3O4S. The maximum absolute atomic E-state index is 13.5. The number of hydrogen-bond acceptors (Lipinski definition) is 4. The summed E-state index contributed by atoms with van der Waals surface area (Å²) in [7, 11) is -3.74. The van der Waals surface area contributed by atoms with Gasteiger partial charge in [0, 0.05) is 16.6 Å². The summed E-state index contributed by atoms with van der Waals surface area (Å²) >= 11 is 3.40. The number of aryl methyl sites for hydroxylation is 1. The molecule has 1 atom stereocenters. The third kappa shape index (κ3) is 8.13. The Bertz CT molecular complexity index is 1090. The zero-order valence-corrected chi connectivity index (χ0v) is 23.0. The molecule has 34 heavy (non-hydrogen) atoms. The van der Waals surface area contributed by atoms with Gasteiger partial charge in [-0.2, -0.15) is 0 Å². The van der Waals surface area contributed by atoms with E-state index in [1.807, 2.05) is 64.1 Å². The number of carbonyl (C=O) groups is 2. The molecule has 0 saturated carbocycles. The summed E-state index contributed by atoms with van der Waals surface area (Å²) in [6.45, 7) is 9.01. The van der Waals surface area contributed by atoms with Crippen LogP contribution >= 0.6 is 15.9 Å². The molecule has 9 heteroatoms. The van der Waals surface area contributed by atoms with Crippen LogP contribution in [0.15, 0.2) is 53.0 Å². The molecule has 186 valence electrons. The second-order valence-electron chi connectivity index (χ2n) is 9.35. The summed E-state index contributed by atoms with van der Waals surface area (Å²) in [4.78, 5) is 27.9. The monoisotopic (exact) mass is 551 g/mol. The van der Waals surface area contributed by atoms with Crippen molar-refractivity contribution in [1.82, 2.24) is 10.2 Å². The minimum Gasteiger partial charge on any atom is -0.350 e. The third-order valence-electron chi connectivity index (χ3n) is 5.24. The van der Waals surface area contributed by atoms with E-state index < -0.39 is 34.1 Å². The van der Waals surface area contributed by atoms with Crippen LogP contribution in [0.4, 0.5) is 5.69 Å². The normalized spacial score (nSPS) is 12.7. The average molecular weight is 553 g/mol. The molecule has 0 heterocycles. The lowest BCUT2D eigenvalue weighted by molar-refractivity contribution is -0.140. The van der Waals surface area contributed by atoms with E-state index in [9.17, 15) is 18.0 Å². The van der Waals surface area contributed by atoms with E-state index in [0.717, 1.165) is 32.6 Å². The molecule has 2 rings (SSSR count). The zero-order valence-electron chi connectivity index (χ0n) is 20.6. The predicted octanol–water partition coefficient (Wildman–Crippen LogP) is 4.11. The highest BCUT2D eigenvalue weighted by Gasteiger charge is 2.31. The number of benzene rings is 2. The van der Waals surface area contributed by atoms with Crippen LogP contribution in [0.2, 0.25) is 0 Å². The molecule has 0 aliphatic rings. The van der Waals surface area contributed by atoms with Crippen LogP contribution in [-0.4, -0.2) is 49.5 Å². The topological polar surface area (TPSA) is 86.8 Å². The molecule has 2 aromatic rings. The Labute approximate surface area is 211 Å². The minimum absolute atomic E-state index is 0.164. The lowest BCUT2D eigenvalue weighted by Crippen LogP contribution is -2.54. The second kappa shape index (κ2) is 11.4. The van der Waals surface area contributed by atoms with Crippen LogP contribution in [0, 0.1) is 0 Å². The van der Waals surface area contributed by atoms with Crippen LogP contribution < -0.4 is 9.62 Å². The number of sulfonamides is 1. The van der Waals surface area contributed by atoms with Gasteiger partial charge in [0.2, 0.25) is 21.8 Å². The summed E-state index contributed by atoms with van der Waals surface area (Å²) in [6, 6.07) is 13.7. The van der Waals surface area contributed by atoms with Crippen molar-refractivity contribution >= 4 is 43.5 Å². The van der Waals surface area contributed by atoms with Gasteiger partial charge in [-0.05, 0) is 69.5 Å². The van der Waals surface area contributed by atoms with E-state index in [4.69, 9.17) is 0 Å². The molecule has 1 N–H and O–H groups in total. The summed E-state index contributed by atoms with van der Waals surface area (Å²) < 4.78 is 27.2. The smallest absolute Gasteiger partial charge is 0.244 e. The van der Waals surface area contributed by atoms with Crippen molar-refractivity contribution in [2.75, 3.05) is 17.1 Å². The number of amides is 2. The molecule has 0 fully saturated rings. The summed E-state index contributed by atoms with van der Waals surface area (Å²) in [5.74, 6) is -0.777. The first-order valence-corrected chi connectivity index (χ1v) is 13.8. The third-order valence-corrected chi connectivity index (χ3v) is 6.91. The Kier molecular flexibility index (Phi) is 9.30. The molecule has 0 aliphatic carbocycles. The van der Waals surface area contributed by atoms with Gasteiger partial charge in [-0.15, -0.1) is 0 Å². The Hall–Kier alpha value is -2.39. The summed E-state index contributed by atoms with van der Waals surface area (Å²) in [6.07, 6.45) is 1.89. The first-order valence-electron chi connectivity index (χ1n) is 11.1. The van der Waals surface area contributed by atoms with Gasteiger partial charge in [0.05, 0.1) is 11.9 Å². The SMILES string of the molecule is CCc1ccc(N(CC(=O)N(Cc2ccc(Br)cc2)[C@@H](C)C(=O)NC(C)(C)C)S(C)(=O)=O)cc1. The number of anilines is 1. The van der Waals surface area contributed by atoms with Crippen molar-refractivity contribution in [3.05, 3.63) is 64.1 Å². The number of hydrogen-bond donors (Lipinski definition) is 1. The van der Waals surface area contributed by atoms with Crippen LogP contribution in [0.25, 0.3) is 0 Å². The average Bonchev–Trinajstić information content (AvgIpc) is 2.74. The largest absolute Gasteiger partial charge is 0.350 e. The second-order valence-corrected chi connectivity index (χ2v) is 12.2. The van der Waals surface area contributed by atoms with Gasteiger partial charge >= 0.3 is 0 Å². The van der Waals surface area contributed by atoms with Gasteiger partial charge in [0.15, 0.2) is 0 Å². The van der Waals surface area contributed by atoms with Crippen molar-refractivity contribution in [1.29, 1.82) is 0 Å². The fourth-order valence-corrected chi connectivity index (χ4v) is 4.47. The fraction of sp³-hybridized carbons (Fsp3) is 0.440. The Morgan fingerprint density at radius 1 is 1.00 bits per heavy atom. The van der Waals surface area contributed by atoms with Crippen LogP contribution in [0.3, 0.4) is 0 Å². The molecule has 0 aliphatic heterocycles. The van der Waals surface area contributed by atoms with E-state index >= 15 is 0 Å². The quantitative estimate of drug-likeness (QED) is 0.508. The van der Waals surface area contributed by atoms with Gasteiger partial charge in [-0.25, -0.2) is 8.42 Å². The molecule has 0 bridgehead atoms. The number of nitrogens with zero attached hydrogens (tertiary/aromatic N) is 2. The Morgan fingerprint density at radius 3 is 2.00 bits per heavy atom. The van der Waals surface area contributed by atoms with Gasteiger partial charge in [-0.3, -0.25) is 13.9 Å². The maximum Gasteiger partial charge on any atom is 0.244 e. The first-order chi connectivity index (χ1) is 15.7. The Balaban J connectivity index is 2.38. The maximum atomic E-state index is 13.5. The highest BCUT2D eigenvalue weighted by Crippen LogP contribution is 2.21. The molecule has 0 spiro atoms. The molecule has 2 aromatic carbocycles. The molecular weight excluding hydrogens is 518 g/mol. The number of nitrogens with one attached hydrogen (secondary N) is 1. The highest BCUT2D eigenvalue weighted by atomic mass is 79.9. The summed E-state index contributed by atoms with van der Waals surface area (Å²) in [5, 5.41) is 2.90. The number of carbonyl (C=O) groups excluding carboxylic acids is 2. The molecule has 0 unspecified atom stereocenters. The van der Waals surface area contributed by atoms with Crippen molar-refractivity contribution in [2.24, 2.45) is 0 Å². The van der Waals surface area contributed by atoms with E-state index in [2.05, 4.69) is 21.2 Å². The molecule has 7 nitrogen and oxygen atoms in total. The van der Waals surface area contributed by atoms with Crippen LogP contribution in [-0.2, 0) is 32.6 Å². The zero-order chi connectivity index (χ0) is 25.7. The van der Waals surface area contributed by atoms with Gasteiger partial charge < -0.3 is 10.2 Å². The number of rotatable bonds is 9. The van der Waals surface area contributed by atoms with E-state index in [1.54, 1.807) is 19.1 Å². The minimum atomic E-state index is -3.74. The lowest BCUT2D eigenvalue weighted by Gasteiger charge is -2.33. The standard InChI is InChI=1S/C25H34BrN3O4S/c1-7-19-10-14-22(15-11-19)29(34(6,32)33)17-23(30)28(16-20-8-12-21(26)13-9-20)18(2)24(31)27-25(3,4)5/h8-15,18H,7,16-17H2,1-6H3,(H,27,31)/t18-/m0/s1. The van der Waals surface area contributed by atoms with Gasteiger partial charge in [-0.1, -0.05) is 47.1 Å². The lowest BCUT2D eigenvalue weighted by atomic mass is 10.1. The first kappa shape index (κ1) is 27.9. The van der Waals surface area contributed by atoms with Crippen molar-refractivity contribution in [3.63, 3.8) is 0 Å². The van der Waals surface area contributed by atoms with Crippen LogP contribution in [0.5, 0.6) is 0 Å². The van der Waals surface area contributed by atoms with Gasteiger partial charge in [0.1, 0.15) is 12.6 Å². The van der Waals surface area contributed by atoms with Gasteiger partial charge in [0.25, 0.3) is 0 Å². The molecule has 0 aromatic heterocycles. The van der Waals surface area contributed by atoms with Crippen molar-refractivity contribution in [2.45, 2.75) is 59.2 Å². The van der Waals surface area contributed by atoms with E-state index in [1.165, 1.54) is 4.90 Å². The predicted molar refractivity (Wildman–Crippen MR) is 140 cm³/mol. The molecule has 2 amide bonds. The Morgan fingerprint density at radius 2 is 1.53 bits per heavy atom. The molecule has 0 saturated heterocycles. The van der Waals surface area contributed by atoms with Crippen molar-refractivity contribution < 1.29 is 18.0 Å². The van der Waals surface area contributed by atoms with Crippen molar-refractivity contribution in [3.8, 4) is 0 Å². The summed E-state index contributed by atoms with van der Waals surface area (Å²) in [5.41, 5.74) is 1.82. The van der Waals surface area contributed by atoms with Crippen LogP contribution in [0.1, 0.15) is 45.7 Å². The number of halogens is 1. The molecule has 0 radical (unpaired) electrons.